The van der Waals surface area contributed by atoms with Crippen molar-refractivity contribution < 1.29 is 14.3 Å². The molecule has 0 aliphatic heterocycles. The Balaban J connectivity index is 2.68. The lowest BCUT2D eigenvalue weighted by atomic mass is 10.4. The highest BCUT2D eigenvalue weighted by atomic mass is 16.7. The van der Waals surface area contributed by atoms with Crippen molar-refractivity contribution in [2.24, 2.45) is 0 Å². The van der Waals surface area contributed by atoms with E-state index < -0.39 is 5.97 Å². The van der Waals surface area contributed by atoms with Crippen LogP contribution in [0.3, 0.4) is 0 Å². The Morgan fingerprint density at radius 1 is 1.53 bits per heavy atom. The second-order valence-electron chi connectivity index (χ2n) is 2.85. The van der Waals surface area contributed by atoms with Crippen LogP contribution in [0, 0.1) is 0 Å². The number of carbonyl (C=O) groups excluding carboxylic acids is 1. The summed E-state index contributed by atoms with van der Waals surface area (Å²) >= 11 is 0. The molecule has 6 heteroatoms. The first-order chi connectivity index (χ1) is 7.13. The van der Waals surface area contributed by atoms with Crippen LogP contribution in [0.15, 0.2) is 23.1 Å². The molecule has 0 fully saturated rings. The summed E-state index contributed by atoms with van der Waals surface area (Å²) in [7, 11) is 1.40. The number of anilines is 1. The molecule has 0 aliphatic rings. The minimum Gasteiger partial charge on any atom is -0.437 e. The summed E-state index contributed by atoms with van der Waals surface area (Å²) < 4.78 is 10.4. The fourth-order valence-electron chi connectivity index (χ4n) is 0.983. The van der Waals surface area contributed by atoms with E-state index in [1.165, 1.54) is 30.0 Å². The van der Waals surface area contributed by atoms with Gasteiger partial charge >= 0.3 is 5.97 Å². The molecule has 0 saturated heterocycles. The van der Waals surface area contributed by atoms with Gasteiger partial charge in [0.15, 0.2) is 6.79 Å². The van der Waals surface area contributed by atoms with Crippen molar-refractivity contribution >= 4 is 11.7 Å². The normalized spacial score (nSPS) is 9.93. The van der Waals surface area contributed by atoms with Crippen LogP contribution >= 0.6 is 0 Å². The van der Waals surface area contributed by atoms with E-state index in [0.29, 0.717) is 5.69 Å². The maximum absolute atomic E-state index is 11.2. The van der Waals surface area contributed by atoms with Crippen LogP contribution in [0.5, 0.6) is 0 Å². The zero-order valence-electron chi connectivity index (χ0n) is 8.30. The molecule has 82 valence electrons. The van der Waals surface area contributed by atoms with Gasteiger partial charge in [0.1, 0.15) is 6.54 Å². The third-order valence-corrected chi connectivity index (χ3v) is 1.64. The van der Waals surface area contributed by atoms with Gasteiger partial charge in [0.05, 0.1) is 0 Å². The number of hydrogen-bond donors (Lipinski definition) is 1. The third-order valence-electron chi connectivity index (χ3n) is 1.64. The fourth-order valence-corrected chi connectivity index (χ4v) is 0.983. The van der Waals surface area contributed by atoms with Gasteiger partial charge in [-0.3, -0.25) is 9.59 Å². The number of carbonyl (C=O) groups is 1. The SMILES string of the molecule is COCOC(=O)Cn1cc(N)ccc1=O. The molecule has 1 aromatic heterocycles. The lowest BCUT2D eigenvalue weighted by molar-refractivity contribution is -0.154. The Hall–Kier alpha value is -1.82. The number of pyridine rings is 1. The van der Waals surface area contributed by atoms with E-state index >= 15 is 0 Å². The molecular weight excluding hydrogens is 200 g/mol. The van der Waals surface area contributed by atoms with Crippen molar-refractivity contribution in [2.75, 3.05) is 19.6 Å². The van der Waals surface area contributed by atoms with Gasteiger partial charge in [-0.25, -0.2) is 0 Å². The molecule has 0 saturated carbocycles. The summed E-state index contributed by atoms with van der Waals surface area (Å²) in [6.45, 7) is -0.302. The average Bonchev–Trinajstić information content (AvgIpc) is 2.20. The quantitative estimate of drug-likeness (QED) is 0.541. The van der Waals surface area contributed by atoms with E-state index in [1.54, 1.807) is 0 Å². The van der Waals surface area contributed by atoms with Gasteiger partial charge in [0, 0.05) is 25.1 Å². The summed E-state index contributed by atoms with van der Waals surface area (Å²) in [5.74, 6) is -0.551. The van der Waals surface area contributed by atoms with Crippen molar-refractivity contribution in [3.63, 3.8) is 0 Å². The average molecular weight is 212 g/mol. The maximum Gasteiger partial charge on any atom is 0.328 e. The Kier molecular flexibility index (Phi) is 3.87. The van der Waals surface area contributed by atoms with E-state index in [1.807, 2.05) is 0 Å². The predicted octanol–water partition coefficient (Wildman–Crippen LogP) is -0.422. The highest BCUT2D eigenvalue weighted by Gasteiger charge is 2.05. The van der Waals surface area contributed by atoms with E-state index in [0.717, 1.165) is 0 Å². The van der Waals surface area contributed by atoms with Gasteiger partial charge in [-0.1, -0.05) is 0 Å². The maximum atomic E-state index is 11.2. The Morgan fingerprint density at radius 2 is 2.27 bits per heavy atom. The number of ether oxygens (including phenoxy) is 2. The summed E-state index contributed by atoms with van der Waals surface area (Å²) in [6, 6.07) is 2.76. The van der Waals surface area contributed by atoms with E-state index in [9.17, 15) is 9.59 Å². The molecule has 0 unspecified atom stereocenters. The van der Waals surface area contributed by atoms with Gasteiger partial charge < -0.3 is 19.8 Å². The summed E-state index contributed by atoms with van der Waals surface area (Å²) in [4.78, 5) is 22.4. The van der Waals surface area contributed by atoms with Crippen LogP contribution in [0.2, 0.25) is 0 Å². The van der Waals surface area contributed by atoms with Crippen molar-refractivity contribution in [3.05, 3.63) is 28.7 Å². The first-order valence-electron chi connectivity index (χ1n) is 4.24. The number of methoxy groups -OCH3 is 1. The van der Waals surface area contributed by atoms with Crippen molar-refractivity contribution in [1.82, 2.24) is 4.57 Å². The van der Waals surface area contributed by atoms with E-state index in [4.69, 9.17) is 5.73 Å². The van der Waals surface area contributed by atoms with Crippen LogP contribution in [0.25, 0.3) is 0 Å². The molecule has 1 aromatic rings. The van der Waals surface area contributed by atoms with Crippen molar-refractivity contribution in [1.29, 1.82) is 0 Å². The van der Waals surface area contributed by atoms with Crippen LogP contribution < -0.4 is 11.3 Å². The third kappa shape index (κ3) is 3.43. The topological polar surface area (TPSA) is 83.6 Å². The lowest BCUT2D eigenvalue weighted by Crippen LogP contribution is -2.24. The van der Waals surface area contributed by atoms with Crippen molar-refractivity contribution in [2.45, 2.75) is 6.54 Å². The van der Waals surface area contributed by atoms with Gasteiger partial charge in [0.25, 0.3) is 5.56 Å². The van der Waals surface area contributed by atoms with Gasteiger partial charge in [0.2, 0.25) is 0 Å². The number of nitrogens with two attached hydrogens (primary N) is 1. The molecule has 0 bridgehead atoms. The number of nitrogens with zero attached hydrogens (tertiary/aromatic N) is 1. The molecular formula is C9H12N2O4. The second kappa shape index (κ2) is 5.16. The Labute approximate surface area is 86.2 Å². The minimum atomic E-state index is -0.551. The van der Waals surface area contributed by atoms with Crippen LogP contribution in [-0.4, -0.2) is 24.4 Å². The molecule has 1 rings (SSSR count). The van der Waals surface area contributed by atoms with Gasteiger partial charge in [-0.2, -0.15) is 0 Å². The minimum absolute atomic E-state index is 0.129. The Morgan fingerprint density at radius 3 is 2.93 bits per heavy atom. The van der Waals surface area contributed by atoms with Crippen molar-refractivity contribution in [3.8, 4) is 0 Å². The molecule has 6 nitrogen and oxygen atoms in total. The van der Waals surface area contributed by atoms with E-state index in [2.05, 4.69) is 9.47 Å². The molecule has 15 heavy (non-hydrogen) atoms. The molecule has 1 heterocycles. The van der Waals surface area contributed by atoms with Gasteiger partial charge in [-0.05, 0) is 6.07 Å². The number of aromatic nitrogens is 1. The Bertz CT molecular complexity index is 399. The molecule has 0 spiro atoms. The number of esters is 1. The molecule has 0 amide bonds. The number of hydrogen-bond acceptors (Lipinski definition) is 5. The summed E-state index contributed by atoms with van der Waals surface area (Å²) in [6.07, 6.45) is 1.39. The highest BCUT2D eigenvalue weighted by molar-refractivity contribution is 5.69. The molecule has 2 N–H and O–H groups in total. The van der Waals surface area contributed by atoms with E-state index in [-0.39, 0.29) is 18.9 Å². The molecule has 0 aromatic carbocycles. The largest absolute Gasteiger partial charge is 0.437 e. The lowest BCUT2D eigenvalue weighted by Gasteiger charge is -2.06. The zero-order valence-corrected chi connectivity index (χ0v) is 8.30. The number of nitrogen functional groups attached to an aromatic ring is 1. The first kappa shape index (κ1) is 11.3. The molecule has 0 aliphatic carbocycles. The molecule has 0 atom stereocenters. The van der Waals surface area contributed by atoms with Gasteiger partial charge in [-0.15, -0.1) is 0 Å². The fraction of sp³-hybridized carbons (Fsp3) is 0.333. The smallest absolute Gasteiger partial charge is 0.328 e. The summed E-state index contributed by atoms with van der Waals surface area (Å²) in [5.41, 5.74) is 5.57. The molecule has 0 radical (unpaired) electrons. The zero-order chi connectivity index (χ0) is 11.3. The first-order valence-corrected chi connectivity index (χ1v) is 4.24. The number of rotatable bonds is 4. The summed E-state index contributed by atoms with van der Waals surface area (Å²) in [5, 5.41) is 0. The monoisotopic (exact) mass is 212 g/mol. The van der Waals surface area contributed by atoms with Crippen LogP contribution in [0.1, 0.15) is 0 Å². The predicted molar refractivity (Wildman–Crippen MR) is 53.1 cm³/mol. The highest BCUT2D eigenvalue weighted by Crippen LogP contribution is 1.96. The van der Waals surface area contributed by atoms with Crippen LogP contribution in [0.4, 0.5) is 5.69 Å². The van der Waals surface area contributed by atoms with Crippen LogP contribution in [-0.2, 0) is 20.8 Å². The standard InChI is InChI=1S/C9H12N2O4/c1-14-6-15-9(13)5-11-4-7(10)2-3-8(11)12/h2-4H,5-6,10H2,1H3. The second-order valence-corrected chi connectivity index (χ2v) is 2.85.